The highest BCUT2D eigenvalue weighted by atomic mass is 16.7. The lowest BCUT2D eigenvalue weighted by molar-refractivity contribution is -0.00660. The summed E-state index contributed by atoms with van der Waals surface area (Å²) in [7, 11) is 0. The van der Waals surface area contributed by atoms with Crippen LogP contribution in [0.4, 0.5) is 4.79 Å². The number of rotatable bonds is 3. The Hall–Kier alpha value is -0.730. The Kier molecular flexibility index (Phi) is 4.23. The first-order valence-corrected chi connectivity index (χ1v) is 5.47. The Morgan fingerprint density at radius 3 is 2.29 bits per heavy atom. The van der Waals surface area contributed by atoms with Crippen LogP contribution in [0.5, 0.6) is 0 Å². The number of carbonyl (C=O) groups is 1. The summed E-state index contributed by atoms with van der Waals surface area (Å²) in [6.07, 6.45) is 3.84. The molecule has 1 aliphatic rings. The van der Waals surface area contributed by atoms with Crippen LogP contribution in [0.15, 0.2) is 0 Å². The van der Waals surface area contributed by atoms with Gasteiger partial charge in [0.05, 0.1) is 0 Å². The van der Waals surface area contributed by atoms with Crippen LogP contribution >= 0.6 is 0 Å². The second-order valence-electron chi connectivity index (χ2n) is 4.34. The van der Waals surface area contributed by atoms with Crippen molar-refractivity contribution >= 4 is 6.16 Å². The maximum Gasteiger partial charge on any atom is 0.508 e. The minimum atomic E-state index is -0.502. The van der Waals surface area contributed by atoms with E-state index < -0.39 is 6.16 Å². The third-order valence-electron chi connectivity index (χ3n) is 2.79. The van der Waals surface area contributed by atoms with Gasteiger partial charge in [-0.3, -0.25) is 0 Å². The summed E-state index contributed by atoms with van der Waals surface area (Å²) < 4.78 is 10.3. The van der Waals surface area contributed by atoms with E-state index in [1.54, 1.807) is 0 Å². The van der Waals surface area contributed by atoms with E-state index in [4.69, 9.17) is 9.47 Å². The summed E-state index contributed by atoms with van der Waals surface area (Å²) in [4.78, 5) is 11.3. The van der Waals surface area contributed by atoms with Gasteiger partial charge in [0.25, 0.3) is 0 Å². The van der Waals surface area contributed by atoms with Gasteiger partial charge in [-0.1, -0.05) is 13.8 Å². The Bertz CT molecular complexity index is 177. The molecule has 0 N–H and O–H groups in total. The van der Waals surface area contributed by atoms with Crippen LogP contribution in [0.2, 0.25) is 0 Å². The standard InChI is InChI=1S/C11H20O3/c1-8(2)9(3)13-11(12)14-10-6-4-5-7-10/h8-10H,4-7H2,1-3H3/t9-/m0/s1. The fourth-order valence-corrected chi connectivity index (χ4v) is 1.46. The molecule has 82 valence electrons. The molecule has 3 nitrogen and oxygen atoms in total. The second-order valence-corrected chi connectivity index (χ2v) is 4.34. The van der Waals surface area contributed by atoms with Crippen molar-refractivity contribution < 1.29 is 14.3 Å². The Labute approximate surface area is 85.8 Å². The first kappa shape index (κ1) is 11.3. The molecule has 0 unspecified atom stereocenters. The van der Waals surface area contributed by atoms with Gasteiger partial charge in [0, 0.05) is 0 Å². The Morgan fingerprint density at radius 2 is 1.79 bits per heavy atom. The number of hydrogen-bond acceptors (Lipinski definition) is 3. The lowest BCUT2D eigenvalue weighted by atomic mass is 10.1. The Balaban J connectivity index is 2.21. The summed E-state index contributed by atoms with van der Waals surface area (Å²) in [6.45, 7) is 5.93. The van der Waals surface area contributed by atoms with Crippen molar-refractivity contribution in [1.82, 2.24) is 0 Å². The summed E-state index contributed by atoms with van der Waals surface area (Å²) in [5.41, 5.74) is 0. The zero-order chi connectivity index (χ0) is 10.6. The average molecular weight is 200 g/mol. The minimum absolute atomic E-state index is 0.0658. The minimum Gasteiger partial charge on any atom is -0.431 e. The molecule has 0 heterocycles. The van der Waals surface area contributed by atoms with Crippen LogP contribution in [-0.2, 0) is 9.47 Å². The fourth-order valence-electron chi connectivity index (χ4n) is 1.46. The average Bonchev–Trinajstić information content (AvgIpc) is 2.56. The molecule has 14 heavy (non-hydrogen) atoms. The third kappa shape index (κ3) is 3.56. The quantitative estimate of drug-likeness (QED) is 0.656. The monoisotopic (exact) mass is 200 g/mol. The lowest BCUT2D eigenvalue weighted by Crippen LogP contribution is -2.23. The van der Waals surface area contributed by atoms with Crippen LogP contribution in [-0.4, -0.2) is 18.4 Å². The Morgan fingerprint density at radius 1 is 1.21 bits per heavy atom. The third-order valence-corrected chi connectivity index (χ3v) is 2.79. The van der Waals surface area contributed by atoms with Crippen molar-refractivity contribution in [3.8, 4) is 0 Å². The normalized spacial score (nSPS) is 19.7. The van der Waals surface area contributed by atoms with E-state index in [1.165, 1.54) is 0 Å². The molecule has 0 aromatic rings. The van der Waals surface area contributed by atoms with E-state index in [2.05, 4.69) is 0 Å². The molecule has 0 spiro atoms. The van der Waals surface area contributed by atoms with Crippen molar-refractivity contribution in [3.05, 3.63) is 0 Å². The molecule has 0 saturated heterocycles. The van der Waals surface area contributed by atoms with Gasteiger partial charge >= 0.3 is 6.16 Å². The molecule has 1 fully saturated rings. The SMILES string of the molecule is CC(C)[C@H](C)OC(=O)OC1CCCC1. The maximum atomic E-state index is 11.3. The van der Waals surface area contributed by atoms with E-state index in [1.807, 2.05) is 20.8 Å². The van der Waals surface area contributed by atoms with Crippen molar-refractivity contribution in [2.75, 3.05) is 0 Å². The molecule has 0 aromatic carbocycles. The van der Waals surface area contributed by atoms with Crippen molar-refractivity contribution in [2.45, 2.75) is 58.7 Å². The van der Waals surface area contributed by atoms with Gasteiger partial charge in [0.1, 0.15) is 12.2 Å². The molecule has 1 rings (SSSR count). The van der Waals surface area contributed by atoms with E-state index in [9.17, 15) is 4.79 Å². The van der Waals surface area contributed by atoms with Gasteiger partial charge in [-0.2, -0.15) is 0 Å². The fraction of sp³-hybridized carbons (Fsp3) is 0.909. The molecule has 1 saturated carbocycles. The van der Waals surface area contributed by atoms with E-state index in [0.29, 0.717) is 5.92 Å². The molecule has 0 radical (unpaired) electrons. The summed E-state index contributed by atoms with van der Waals surface area (Å²) in [5, 5.41) is 0. The molecule has 1 aliphatic carbocycles. The summed E-state index contributed by atoms with van der Waals surface area (Å²) in [6, 6.07) is 0. The molecular weight excluding hydrogens is 180 g/mol. The van der Waals surface area contributed by atoms with Gasteiger partial charge < -0.3 is 9.47 Å². The summed E-state index contributed by atoms with van der Waals surface area (Å²) >= 11 is 0. The van der Waals surface area contributed by atoms with Gasteiger partial charge in [-0.05, 0) is 38.5 Å². The molecule has 0 aromatic heterocycles. The number of carbonyl (C=O) groups excluding carboxylic acids is 1. The molecule has 0 aliphatic heterocycles. The zero-order valence-corrected chi connectivity index (χ0v) is 9.29. The largest absolute Gasteiger partial charge is 0.508 e. The highest BCUT2D eigenvalue weighted by molar-refractivity contribution is 5.60. The summed E-state index contributed by atoms with van der Waals surface area (Å²) in [5.74, 6) is 0.339. The predicted octanol–water partition coefficient (Wildman–Crippen LogP) is 3.13. The van der Waals surface area contributed by atoms with E-state index in [-0.39, 0.29) is 12.2 Å². The van der Waals surface area contributed by atoms with Crippen molar-refractivity contribution in [1.29, 1.82) is 0 Å². The number of hydrogen-bond donors (Lipinski definition) is 0. The van der Waals surface area contributed by atoms with E-state index in [0.717, 1.165) is 25.7 Å². The first-order valence-electron chi connectivity index (χ1n) is 5.47. The first-order chi connectivity index (χ1) is 6.59. The highest BCUT2D eigenvalue weighted by Gasteiger charge is 2.21. The smallest absolute Gasteiger partial charge is 0.431 e. The van der Waals surface area contributed by atoms with Crippen LogP contribution in [0.3, 0.4) is 0 Å². The van der Waals surface area contributed by atoms with Crippen LogP contribution in [0.25, 0.3) is 0 Å². The lowest BCUT2D eigenvalue weighted by Gasteiger charge is -2.18. The predicted molar refractivity (Wildman–Crippen MR) is 54.1 cm³/mol. The number of ether oxygens (including phenoxy) is 2. The topological polar surface area (TPSA) is 35.5 Å². The second kappa shape index (κ2) is 5.23. The van der Waals surface area contributed by atoms with Gasteiger partial charge in [0.15, 0.2) is 0 Å². The maximum absolute atomic E-state index is 11.3. The van der Waals surface area contributed by atoms with Gasteiger partial charge in [-0.15, -0.1) is 0 Å². The highest BCUT2D eigenvalue weighted by Crippen LogP contribution is 2.21. The van der Waals surface area contributed by atoms with Crippen molar-refractivity contribution in [2.24, 2.45) is 5.92 Å². The van der Waals surface area contributed by atoms with Crippen LogP contribution in [0, 0.1) is 5.92 Å². The van der Waals surface area contributed by atoms with E-state index >= 15 is 0 Å². The molecule has 1 atom stereocenters. The molecule has 3 heteroatoms. The molecule has 0 amide bonds. The van der Waals surface area contributed by atoms with Gasteiger partial charge in [-0.25, -0.2) is 4.79 Å². The van der Waals surface area contributed by atoms with Crippen molar-refractivity contribution in [3.63, 3.8) is 0 Å². The van der Waals surface area contributed by atoms with Gasteiger partial charge in [0.2, 0.25) is 0 Å². The van der Waals surface area contributed by atoms with Crippen LogP contribution < -0.4 is 0 Å². The zero-order valence-electron chi connectivity index (χ0n) is 9.29. The van der Waals surface area contributed by atoms with Crippen LogP contribution in [0.1, 0.15) is 46.5 Å². The molecule has 0 bridgehead atoms. The molecular formula is C11H20O3.